The zero-order chi connectivity index (χ0) is 19.1. The van der Waals surface area contributed by atoms with Gasteiger partial charge in [0.2, 0.25) is 0 Å². The fourth-order valence-electron chi connectivity index (χ4n) is 2.95. The van der Waals surface area contributed by atoms with Crippen LogP contribution in [-0.2, 0) is 14.6 Å². The van der Waals surface area contributed by atoms with Gasteiger partial charge in [-0.15, -0.1) is 0 Å². The number of rotatable bonds is 4. The zero-order valence-corrected chi connectivity index (χ0v) is 16.7. The van der Waals surface area contributed by atoms with Gasteiger partial charge in [-0.05, 0) is 31.5 Å². The number of hydrogen-bond donors (Lipinski definition) is 0. The molecule has 2 aromatic rings. The lowest BCUT2D eigenvalue weighted by atomic mass is 10.2. The van der Waals surface area contributed by atoms with Gasteiger partial charge in [0.1, 0.15) is 5.52 Å². The van der Waals surface area contributed by atoms with E-state index in [0.717, 1.165) is 5.69 Å². The molecule has 140 valence electrons. The lowest BCUT2D eigenvalue weighted by Crippen LogP contribution is -2.40. The number of aromatic nitrogens is 1. The number of fused-ring (bicyclic) bond motifs is 1. The Morgan fingerprint density at radius 3 is 2.73 bits per heavy atom. The predicted molar refractivity (Wildman–Crippen MR) is 102 cm³/mol. The Morgan fingerprint density at radius 1 is 1.35 bits per heavy atom. The number of pyridine rings is 1. The van der Waals surface area contributed by atoms with E-state index in [-0.39, 0.29) is 40.8 Å². The highest BCUT2D eigenvalue weighted by Crippen LogP contribution is 2.37. The molecule has 0 spiro atoms. The van der Waals surface area contributed by atoms with Crippen LogP contribution in [0.1, 0.15) is 12.1 Å². The van der Waals surface area contributed by atoms with E-state index < -0.39 is 9.84 Å². The number of likely N-dealkylation sites (N-methyl/N-ethyl adjacent to an activating group) is 1. The topological polar surface area (TPSA) is 76.6 Å². The third kappa shape index (κ3) is 3.89. The summed E-state index contributed by atoms with van der Waals surface area (Å²) in [5, 5.41) is 1.39. The first-order valence-electron chi connectivity index (χ1n) is 8.02. The first kappa shape index (κ1) is 19.2. The Bertz CT molecular complexity index is 978. The SMILES string of the molecule is Cc1ccc2c(Cl)cc(Cl)c(OCC(=O)N(C)C3CCS(=O)(=O)C3)c2n1. The highest BCUT2D eigenvalue weighted by Gasteiger charge is 2.32. The molecular weight excluding hydrogens is 399 g/mol. The van der Waals surface area contributed by atoms with Crippen molar-refractivity contribution >= 4 is 49.8 Å². The van der Waals surface area contributed by atoms with Crippen LogP contribution in [0.4, 0.5) is 0 Å². The van der Waals surface area contributed by atoms with Crippen LogP contribution in [0.2, 0.25) is 10.0 Å². The maximum atomic E-state index is 12.4. The number of carbonyl (C=O) groups excluding carboxylic acids is 1. The van der Waals surface area contributed by atoms with E-state index >= 15 is 0 Å². The molecule has 1 aliphatic heterocycles. The average Bonchev–Trinajstić information content (AvgIpc) is 2.93. The van der Waals surface area contributed by atoms with Gasteiger partial charge in [0.25, 0.3) is 5.91 Å². The van der Waals surface area contributed by atoms with Gasteiger partial charge in [-0.3, -0.25) is 4.79 Å². The van der Waals surface area contributed by atoms with Gasteiger partial charge < -0.3 is 9.64 Å². The normalized spacial score (nSPS) is 18.8. The maximum absolute atomic E-state index is 12.4. The number of carbonyl (C=O) groups is 1. The van der Waals surface area contributed by atoms with E-state index in [4.69, 9.17) is 27.9 Å². The second-order valence-electron chi connectivity index (χ2n) is 6.37. The van der Waals surface area contributed by atoms with Crippen LogP contribution < -0.4 is 4.74 Å². The summed E-state index contributed by atoms with van der Waals surface area (Å²) in [4.78, 5) is 18.3. The van der Waals surface area contributed by atoms with Crippen LogP contribution in [-0.4, -0.2) is 55.4 Å². The van der Waals surface area contributed by atoms with Crippen LogP contribution in [0.15, 0.2) is 18.2 Å². The minimum absolute atomic E-state index is 0.0133. The van der Waals surface area contributed by atoms with Crippen molar-refractivity contribution in [2.45, 2.75) is 19.4 Å². The molecule has 1 saturated heterocycles. The summed E-state index contributed by atoms with van der Waals surface area (Å²) >= 11 is 12.4. The van der Waals surface area contributed by atoms with Crippen molar-refractivity contribution in [3.05, 3.63) is 33.9 Å². The van der Waals surface area contributed by atoms with Crippen LogP contribution in [0.3, 0.4) is 0 Å². The Kier molecular flexibility index (Phi) is 5.33. The molecule has 6 nitrogen and oxygen atoms in total. The van der Waals surface area contributed by atoms with Gasteiger partial charge in [-0.1, -0.05) is 23.2 Å². The van der Waals surface area contributed by atoms with Crippen molar-refractivity contribution < 1.29 is 17.9 Å². The third-order valence-corrected chi connectivity index (χ3v) is 6.81. The summed E-state index contributed by atoms with van der Waals surface area (Å²) in [5.74, 6) is 0.0580. The number of ether oxygens (including phenoxy) is 1. The highest BCUT2D eigenvalue weighted by molar-refractivity contribution is 7.91. The number of amides is 1. The molecular formula is C17H18Cl2N2O4S. The number of aryl methyl sites for hydroxylation is 1. The van der Waals surface area contributed by atoms with Crippen molar-refractivity contribution in [1.82, 2.24) is 9.88 Å². The summed E-state index contributed by atoms with van der Waals surface area (Å²) in [7, 11) is -1.48. The smallest absolute Gasteiger partial charge is 0.260 e. The minimum Gasteiger partial charge on any atom is -0.480 e. The molecule has 9 heteroatoms. The van der Waals surface area contributed by atoms with Crippen LogP contribution in [0.5, 0.6) is 5.75 Å². The molecule has 1 aliphatic rings. The van der Waals surface area contributed by atoms with Gasteiger partial charge in [0.05, 0.1) is 21.6 Å². The Labute approximate surface area is 162 Å². The van der Waals surface area contributed by atoms with E-state index in [0.29, 0.717) is 22.3 Å². The van der Waals surface area contributed by atoms with E-state index in [2.05, 4.69) is 4.98 Å². The second kappa shape index (κ2) is 7.21. The molecule has 0 radical (unpaired) electrons. The molecule has 1 aromatic heterocycles. The Balaban J connectivity index is 1.79. The molecule has 0 aliphatic carbocycles. The quantitative estimate of drug-likeness (QED) is 0.765. The molecule has 1 amide bonds. The van der Waals surface area contributed by atoms with Gasteiger partial charge >= 0.3 is 0 Å². The van der Waals surface area contributed by atoms with Crippen LogP contribution >= 0.6 is 23.2 Å². The number of benzene rings is 1. The number of sulfone groups is 1. The van der Waals surface area contributed by atoms with Crippen molar-refractivity contribution in [3.63, 3.8) is 0 Å². The fraction of sp³-hybridized carbons (Fsp3) is 0.412. The molecule has 0 saturated carbocycles. The Morgan fingerprint density at radius 2 is 2.08 bits per heavy atom. The highest BCUT2D eigenvalue weighted by atomic mass is 35.5. The van der Waals surface area contributed by atoms with Gasteiger partial charge in [-0.2, -0.15) is 0 Å². The standard InChI is InChI=1S/C17H18Cl2N2O4S/c1-10-3-4-12-13(18)7-14(19)17(16(12)20-10)25-8-15(22)21(2)11-5-6-26(23,24)9-11/h3-4,7,11H,5-6,8-9H2,1-2H3. The number of hydrogen-bond acceptors (Lipinski definition) is 5. The summed E-state index contributed by atoms with van der Waals surface area (Å²) in [6.07, 6.45) is 0.440. The van der Waals surface area contributed by atoms with E-state index in [1.807, 2.05) is 19.1 Å². The first-order valence-corrected chi connectivity index (χ1v) is 10.6. The summed E-state index contributed by atoms with van der Waals surface area (Å²) < 4.78 is 28.9. The largest absolute Gasteiger partial charge is 0.480 e. The first-order chi connectivity index (χ1) is 12.2. The molecule has 1 atom stereocenters. The molecule has 0 bridgehead atoms. The van der Waals surface area contributed by atoms with E-state index in [9.17, 15) is 13.2 Å². The van der Waals surface area contributed by atoms with Crippen LogP contribution in [0, 0.1) is 6.92 Å². The van der Waals surface area contributed by atoms with Crippen molar-refractivity contribution in [1.29, 1.82) is 0 Å². The second-order valence-corrected chi connectivity index (χ2v) is 9.41. The van der Waals surface area contributed by atoms with Gasteiger partial charge in [0, 0.05) is 24.2 Å². The predicted octanol–water partition coefficient (Wildman–Crippen LogP) is 2.87. The van der Waals surface area contributed by atoms with E-state index in [1.54, 1.807) is 13.1 Å². The molecule has 1 unspecified atom stereocenters. The fourth-order valence-corrected chi connectivity index (χ4v) is 5.29. The van der Waals surface area contributed by atoms with Crippen molar-refractivity contribution in [3.8, 4) is 5.75 Å². The number of nitrogens with zero attached hydrogens (tertiary/aromatic N) is 2. The minimum atomic E-state index is -3.07. The molecule has 26 heavy (non-hydrogen) atoms. The Hall–Kier alpha value is -1.57. The van der Waals surface area contributed by atoms with Crippen molar-refractivity contribution in [2.24, 2.45) is 0 Å². The third-order valence-electron chi connectivity index (χ3n) is 4.47. The maximum Gasteiger partial charge on any atom is 0.260 e. The summed E-state index contributed by atoms with van der Waals surface area (Å²) in [6, 6.07) is 4.87. The van der Waals surface area contributed by atoms with E-state index in [1.165, 1.54) is 4.90 Å². The zero-order valence-electron chi connectivity index (χ0n) is 14.3. The van der Waals surface area contributed by atoms with Gasteiger partial charge in [-0.25, -0.2) is 13.4 Å². The molecule has 3 rings (SSSR count). The molecule has 1 fully saturated rings. The molecule has 2 heterocycles. The monoisotopic (exact) mass is 416 g/mol. The summed E-state index contributed by atoms with van der Waals surface area (Å²) in [6.45, 7) is 1.57. The number of halogens is 2. The van der Waals surface area contributed by atoms with Gasteiger partial charge in [0.15, 0.2) is 22.2 Å². The average molecular weight is 417 g/mol. The molecule has 0 N–H and O–H groups in total. The molecule has 1 aromatic carbocycles. The lowest BCUT2D eigenvalue weighted by Gasteiger charge is -2.23. The lowest BCUT2D eigenvalue weighted by molar-refractivity contribution is -0.133. The summed E-state index contributed by atoms with van der Waals surface area (Å²) in [5.41, 5.74) is 1.25. The van der Waals surface area contributed by atoms with Crippen LogP contribution in [0.25, 0.3) is 10.9 Å². The van der Waals surface area contributed by atoms with Crippen molar-refractivity contribution in [2.75, 3.05) is 25.2 Å².